The molecule has 0 radical (unpaired) electrons. The molecular weight excluding hydrogens is 380 g/mol. The monoisotopic (exact) mass is 402 g/mol. The molecule has 132 valence electrons. The van der Waals surface area contributed by atoms with Gasteiger partial charge in [0.25, 0.3) is 11.6 Å². The number of hydrogen-bond donors (Lipinski definition) is 1. The number of benzene rings is 2. The van der Waals surface area contributed by atoms with Crippen LogP contribution < -0.4 is 26.6 Å². The van der Waals surface area contributed by atoms with E-state index < -0.39 is 5.72 Å². The van der Waals surface area contributed by atoms with Crippen LogP contribution in [0.4, 0.5) is 5.69 Å². The zero-order chi connectivity index (χ0) is 16.6. The van der Waals surface area contributed by atoms with E-state index in [9.17, 15) is 5.11 Å². The molecule has 0 amide bonds. The molecule has 25 heavy (non-hydrogen) atoms. The van der Waals surface area contributed by atoms with Crippen LogP contribution in [0.5, 0.6) is 5.75 Å². The first kappa shape index (κ1) is 18.0. The Hall–Kier alpha value is -1.85. The molecule has 1 N–H and O–H groups in total. The maximum absolute atomic E-state index is 11.7. The highest BCUT2D eigenvalue weighted by molar-refractivity contribution is 5.97. The third kappa shape index (κ3) is 3.07. The van der Waals surface area contributed by atoms with Crippen LogP contribution in [0.1, 0.15) is 24.8 Å². The van der Waals surface area contributed by atoms with Crippen LogP contribution in [0.25, 0.3) is 0 Å². The summed E-state index contributed by atoms with van der Waals surface area (Å²) in [4.78, 5) is 2.11. The average Bonchev–Trinajstić information content (AvgIpc) is 2.96. The Labute approximate surface area is 159 Å². The fraction of sp³-hybridized carbons (Fsp3) is 0.350. The third-order valence-corrected chi connectivity index (χ3v) is 5.05. The Balaban J connectivity index is 0.00000182. The van der Waals surface area contributed by atoms with Crippen LogP contribution in [-0.4, -0.2) is 35.7 Å². The summed E-state index contributed by atoms with van der Waals surface area (Å²) in [6, 6.07) is 17.9. The third-order valence-electron chi connectivity index (χ3n) is 5.05. The first-order chi connectivity index (χ1) is 11.7. The highest BCUT2D eigenvalue weighted by Gasteiger charge is 2.54. The number of anilines is 1. The number of amidine groups is 1. The Bertz CT molecular complexity index is 761. The van der Waals surface area contributed by atoms with Crippen molar-refractivity contribution in [2.75, 3.05) is 25.1 Å². The summed E-state index contributed by atoms with van der Waals surface area (Å²) in [5.41, 5.74) is 0.902. The molecule has 1 atom stereocenters. The van der Waals surface area contributed by atoms with Crippen molar-refractivity contribution in [3.8, 4) is 5.75 Å². The number of aliphatic hydroxyl groups is 1. The summed E-state index contributed by atoms with van der Waals surface area (Å²) in [5.74, 6) is 2.05. The van der Waals surface area contributed by atoms with Gasteiger partial charge in [0.05, 0.1) is 13.7 Å². The smallest absolute Gasteiger partial charge is 0.275 e. The summed E-state index contributed by atoms with van der Waals surface area (Å²) in [6.45, 7) is 1.62. The van der Waals surface area contributed by atoms with E-state index in [2.05, 4.69) is 9.48 Å². The van der Waals surface area contributed by atoms with E-state index in [-0.39, 0.29) is 17.0 Å². The van der Waals surface area contributed by atoms with Gasteiger partial charge in [-0.3, -0.25) is 4.58 Å². The van der Waals surface area contributed by atoms with Crippen LogP contribution >= 0.6 is 0 Å². The number of nitrogens with zero attached hydrogens (tertiary/aromatic N) is 2. The van der Waals surface area contributed by atoms with Gasteiger partial charge in [-0.05, 0) is 37.1 Å². The summed E-state index contributed by atoms with van der Waals surface area (Å²) < 4.78 is 7.61. The lowest BCUT2D eigenvalue weighted by molar-refractivity contribution is -0.538. The fourth-order valence-corrected chi connectivity index (χ4v) is 3.87. The van der Waals surface area contributed by atoms with E-state index in [1.54, 1.807) is 7.11 Å². The molecule has 0 aliphatic carbocycles. The Kier molecular flexibility index (Phi) is 5.16. The molecule has 2 aliphatic rings. The van der Waals surface area contributed by atoms with E-state index in [4.69, 9.17) is 4.74 Å². The van der Waals surface area contributed by atoms with Crippen molar-refractivity contribution in [3.05, 3.63) is 60.2 Å². The van der Waals surface area contributed by atoms with Crippen molar-refractivity contribution in [2.45, 2.75) is 25.0 Å². The highest BCUT2D eigenvalue weighted by atomic mass is 79.9. The molecule has 5 heteroatoms. The zero-order valence-electron chi connectivity index (χ0n) is 14.4. The average molecular weight is 403 g/mol. The normalized spacial score (nSPS) is 22.4. The van der Waals surface area contributed by atoms with Crippen LogP contribution in [-0.2, 0) is 5.72 Å². The van der Waals surface area contributed by atoms with Gasteiger partial charge in [0.1, 0.15) is 11.4 Å². The second-order valence-corrected chi connectivity index (χ2v) is 6.51. The van der Waals surface area contributed by atoms with E-state index in [0.29, 0.717) is 6.54 Å². The molecule has 4 nitrogen and oxygen atoms in total. The summed E-state index contributed by atoms with van der Waals surface area (Å²) in [6.07, 6.45) is 3.36. The molecule has 0 spiro atoms. The summed E-state index contributed by atoms with van der Waals surface area (Å²) in [7, 11) is 1.67. The zero-order valence-corrected chi connectivity index (χ0v) is 15.9. The number of rotatable bonds is 3. The molecule has 2 aliphatic heterocycles. The number of hydrogen-bond acceptors (Lipinski definition) is 3. The molecule has 2 heterocycles. The van der Waals surface area contributed by atoms with Crippen molar-refractivity contribution < 1.29 is 31.4 Å². The molecule has 1 unspecified atom stereocenters. The molecule has 0 bridgehead atoms. The molecule has 2 aromatic rings. The van der Waals surface area contributed by atoms with Crippen molar-refractivity contribution in [1.29, 1.82) is 0 Å². The Morgan fingerprint density at radius 1 is 1.04 bits per heavy atom. The van der Waals surface area contributed by atoms with Crippen LogP contribution in [0, 0.1) is 0 Å². The SMILES string of the molecule is COc1ccc(N2C3=[N+](CCCC3)CC2(O)c2ccccc2)cc1.[Br-]. The van der Waals surface area contributed by atoms with Crippen molar-refractivity contribution in [3.63, 3.8) is 0 Å². The van der Waals surface area contributed by atoms with Gasteiger partial charge in [0.2, 0.25) is 0 Å². The first-order valence-corrected chi connectivity index (χ1v) is 8.55. The Morgan fingerprint density at radius 3 is 2.44 bits per heavy atom. The van der Waals surface area contributed by atoms with E-state index in [1.165, 1.54) is 18.7 Å². The number of methoxy groups -OCH3 is 1. The fourth-order valence-electron chi connectivity index (χ4n) is 3.87. The predicted molar refractivity (Wildman–Crippen MR) is 94.7 cm³/mol. The Morgan fingerprint density at radius 2 is 1.76 bits per heavy atom. The van der Waals surface area contributed by atoms with E-state index in [0.717, 1.165) is 30.0 Å². The van der Waals surface area contributed by atoms with Gasteiger partial charge in [-0.25, -0.2) is 0 Å². The van der Waals surface area contributed by atoms with Crippen molar-refractivity contribution in [1.82, 2.24) is 0 Å². The minimum atomic E-state index is -1.03. The van der Waals surface area contributed by atoms with Crippen molar-refractivity contribution in [2.24, 2.45) is 0 Å². The van der Waals surface area contributed by atoms with Crippen LogP contribution in [0.2, 0.25) is 0 Å². The van der Waals surface area contributed by atoms with Crippen molar-refractivity contribution >= 4 is 11.5 Å². The molecule has 0 saturated heterocycles. The van der Waals surface area contributed by atoms with Crippen LogP contribution in [0.15, 0.2) is 54.6 Å². The molecule has 4 rings (SSSR count). The summed E-state index contributed by atoms with van der Waals surface area (Å²) in [5, 5.41) is 11.7. The lowest BCUT2D eigenvalue weighted by Gasteiger charge is -2.29. The number of halogens is 1. The van der Waals surface area contributed by atoms with E-state index >= 15 is 0 Å². The largest absolute Gasteiger partial charge is 1.00 e. The minimum Gasteiger partial charge on any atom is -1.00 e. The topological polar surface area (TPSA) is 35.7 Å². The molecule has 0 fully saturated rings. The molecule has 0 aromatic heterocycles. The maximum atomic E-state index is 11.7. The molecular formula is C20H23BrN2O2. The van der Waals surface area contributed by atoms with Gasteiger partial charge in [-0.1, -0.05) is 30.3 Å². The second kappa shape index (κ2) is 7.18. The van der Waals surface area contributed by atoms with Crippen LogP contribution in [0.3, 0.4) is 0 Å². The summed E-state index contributed by atoms with van der Waals surface area (Å²) >= 11 is 0. The van der Waals surface area contributed by atoms with Gasteiger partial charge in [0, 0.05) is 12.0 Å². The lowest BCUT2D eigenvalue weighted by atomic mass is 10.0. The van der Waals surface area contributed by atoms with Gasteiger partial charge >= 0.3 is 0 Å². The van der Waals surface area contributed by atoms with Gasteiger partial charge < -0.3 is 26.8 Å². The maximum Gasteiger partial charge on any atom is 0.275 e. The highest BCUT2D eigenvalue weighted by Crippen LogP contribution is 2.38. The lowest BCUT2D eigenvalue weighted by Crippen LogP contribution is -3.00. The standard InChI is InChI=1S/C20H23N2O2.BrH/c1-24-18-12-10-17(11-13-18)22-19-9-5-6-14-21(19)15-20(22,23)16-7-3-2-4-8-16;/h2-4,7-8,10-13,23H,5-6,9,14-15H2,1H3;1H/q+1;/p-1. The van der Waals surface area contributed by atoms with E-state index in [1.807, 2.05) is 54.6 Å². The predicted octanol–water partition coefficient (Wildman–Crippen LogP) is -0.0406. The minimum absolute atomic E-state index is 0. The first-order valence-electron chi connectivity index (χ1n) is 8.55. The van der Waals surface area contributed by atoms with Gasteiger partial charge in [0.15, 0.2) is 6.54 Å². The van der Waals surface area contributed by atoms with Gasteiger partial charge in [-0.15, -0.1) is 0 Å². The molecule has 2 aromatic carbocycles. The quantitative estimate of drug-likeness (QED) is 0.731. The number of ether oxygens (including phenoxy) is 1. The molecule has 0 saturated carbocycles. The second-order valence-electron chi connectivity index (χ2n) is 6.51. The van der Waals surface area contributed by atoms with Gasteiger partial charge in [-0.2, -0.15) is 4.90 Å².